The van der Waals surface area contributed by atoms with Crippen LogP contribution in [0.3, 0.4) is 0 Å². The van der Waals surface area contributed by atoms with Crippen LogP contribution in [0.15, 0.2) is 72.6 Å². The molecule has 2 aromatic carbocycles. The van der Waals surface area contributed by atoms with Gasteiger partial charge in [-0.2, -0.15) is 13.2 Å². The number of carboxylic acids is 1. The molecule has 242 valence electrons. The van der Waals surface area contributed by atoms with Gasteiger partial charge in [0.05, 0.1) is 18.6 Å². The lowest BCUT2D eigenvalue weighted by Crippen LogP contribution is -2.35. The van der Waals surface area contributed by atoms with Crippen molar-refractivity contribution in [2.75, 3.05) is 18.4 Å². The number of carboxylic acid groups (broad SMARTS) is 1. The monoisotopic (exact) mass is 644 g/mol. The number of aryl methyl sites for hydroxylation is 2. The summed E-state index contributed by atoms with van der Waals surface area (Å²) in [6.07, 6.45) is 4.63. The highest BCUT2D eigenvalue weighted by molar-refractivity contribution is 7.13. The number of urea groups is 1. The number of aliphatic carboxylic acids is 1. The van der Waals surface area contributed by atoms with Crippen molar-refractivity contribution in [3.8, 4) is 10.6 Å². The lowest BCUT2D eigenvalue weighted by Gasteiger charge is -2.22. The van der Waals surface area contributed by atoms with Crippen LogP contribution in [-0.2, 0) is 30.8 Å². The van der Waals surface area contributed by atoms with Gasteiger partial charge in [0.15, 0.2) is 0 Å². The minimum Gasteiger partial charge on any atom is -0.475 e. The van der Waals surface area contributed by atoms with E-state index in [0.29, 0.717) is 13.1 Å². The van der Waals surface area contributed by atoms with Crippen molar-refractivity contribution in [1.82, 2.24) is 24.8 Å². The van der Waals surface area contributed by atoms with Crippen LogP contribution in [0.2, 0.25) is 0 Å². The summed E-state index contributed by atoms with van der Waals surface area (Å²) in [7, 11) is 0. The Morgan fingerprint density at radius 1 is 1.02 bits per heavy atom. The number of hydrogen-bond acceptors (Lipinski definition) is 6. The molecule has 2 heterocycles. The molecule has 2 aromatic heterocycles. The van der Waals surface area contributed by atoms with Gasteiger partial charge < -0.3 is 25.2 Å². The molecule has 0 aliphatic rings. The third-order valence-electron chi connectivity index (χ3n) is 6.69. The maximum atomic E-state index is 13.3. The second-order valence-corrected chi connectivity index (χ2v) is 11.1. The van der Waals surface area contributed by atoms with Gasteiger partial charge >= 0.3 is 18.2 Å². The van der Waals surface area contributed by atoms with Crippen molar-refractivity contribution < 1.29 is 27.9 Å². The summed E-state index contributed by atoms with van der Waals surface area (Å²) in [6, 6.07) is 16.5. The number of rotatable bonds is 14. The summed E-state index contributed by atoms with van der Waals surface area (Å²) >= 11 is 1.62. The second-order valence-electron chi connectivity index (χ2n) is 10.2. The second kappa shape index (κ2) is 17.9. The van der Waals surface area contributed by atoms with Crippen molar-refractivity contribution >= 4 is 29.0 Å². The fraction of sp³-hybridized carbons (Fsp3) is 0.375. The maximum absolute atomic E-state index is 13.3. The summed E-state index contributed by atoms with van der Waals surface area (Å²) in [5.41, 5.74) is 5.32. The highest BCUT2D eigenvalue weighted by atomic mass is 32.1. The largest absolute Gasteiger partial charge is 0.490 e. The molecule has 0 fully saturated rings. The van der Waals surface area contributed by atoms with Crippen molar-refractivity contribution in [2.24, 2.45) is 0 Å². The summed E-state index contributed by atoms with van der Waals surface area (Å²) in [5, 5.41) is 16.7. The van der Waals surface area contributed by atoms with Gasteiger partial charge in [-0.25, -0.2) is 19.6 Å². The van der Waals surface area contributed by atoms with E-state index in [1.165, 1.54) is 24.0 Å². The Bertz CT molecular complexity index is 1440. The number of amides is 2. The molecule has 4 rings (SSSR count). The van der Waals surface area contributed by atoms with E-state index in [-0.39, 0.29) is 6.03 Å². The van der Waals surface area contributed by atoms with E-state index in [1.54, 1.807) is 23.9 Å². The van der Waals surface area contributed by atoms with Gasteiger partial charge in [0.2, 0.25) is 0 Å². The molecule has 0 aliphatic heterocycles. The molecule has 0 bridgehead atoms. The zero-order valence-electron chi connectivity index (χ0n) is 25.4. The summed E-state index contributed by atoms with van der Waals surface area (Å²) < 4.78 is 33.8. The number of aromatic nitrogens is 3. The molecular formula is C32H39F3N6O3S. The van der Waals surface area contributed by atoms with Crippen LogP contribution in [-0.4, -0.2) is 55.8 Å². The van der Waals surface area contributed by atoms with Gasteiger partial charge in [0, 0.05) is 48.7 Å². The predicted octanol–water partition coefficient (Wildman–Crippen LogP) is 7.22. The van der Waals surface area contributed by atoms with E-state index in [9.17, 15) is 18.0 Å². The van der Waals surface area contributed by atoms with E-state index >= 15 is 0 Å². The van der Waals surface area contributed by atoms with Crippen molar-refractivity contribution in [3.63, 3.8) is 0 Å². The van der Waals surface area contributed by atoms with Crippen molar-refractivity contribution in [2.45, 2.75) is 65.3 Å². The lowest BCUT2D eigenvalue weighted by atomic mass is 10.1. The normalized spacial score (nSPS) is 11.0. The quantitative estimate of drug-likeness (QED) is 0.125. The highest BCUT2D eigenvalue weighted by Gasteiger charge is 2.38. The fourth-order valence-corrected chi connectivity index (χ4v) is 4.97. The molecule has 0 saturated heterocycles. The highest BCUT2D eigenvalue weighted by Crippen LogP contribution is 2.25. The average molecular weight is 645 g/mol. The molecule has 0 unspecified atom stereocenters. The van der Waals surface area contributed by atoms with Crippen LogP contribution in [0.25, 0.3) is 10.6 Å². The first-order valence-corrected chi connectivity index (χ1v) is 15.6. The number of alkyl halides is 3. The van der Waals surface area contributed by atoms with Gasteiger partial charge in [-0.05, 0) is 49.1 Å². The smallest absolute Gasteiger partial charge is 0.475 e. The van der Waals surface area contributed by atoms with Crippen LogP contribution < -0.4 is 10.6 Å². The number of unbranched alkanes of at least 4 members (excludes halogenated alkanes) is 1. The van der Waals surface area contributed by atoms with E-state index in [1.807, 2.05) is 27.8 Å². The number of carbonyl (C=O) groups is 2. The van der Waals surface area contributed by atoms with Gasteiger partial charge in [0.25, 0.3) is 0 Å². The van der Waals surface area contributed by atoms with Gasteiger partial charge in [0.1, 0.15) is 5.01 Å². The van der Waals surface area contributed by atoms with E-state index < -0.39 is 12.1 Å². The number of imidazole rings is 1. The molecule has 0 spiro atoms. The number of hydrogen-bond donors (Lipinski definition) is 3. The standard InChI is InChI=1S/C30H38N6OS.C2HF3O2/c1-3-5-15-31-20-25-7-11-26(12-8-25)29-33-28(22-38-29)21-36(18-6-17-35-19-16-32-23-35)30(37)34-27-13-9-24(4-2)10-14-27;3-2(4,5)1(6)7/h7-14,16,19,22-23,31H,3-6,15,17-18,20-21H2,1-2H3,(H,34,37);(H,6,7). The van der Waals surface area contributed by atoms with Crippen LogP contribution in [0.5, 0.6) is 0 Å². The third-order valence-corrected chi connectivity index (χ3v) is 7.63. The number of anilines is 1. The Hall–Kier alpha value is -4.23. The molecule has 4 aromatic rings. The molecule has 45 heavy (non-hydrogen) atoms. The van der Waals surface area contributed by atoms with Crippen LogP contribution in [0.4, 0.5) is 23.7 Å². The molecule has 0 atom stereocenters. The molecule has 3 N–H and O–H groups in total. The molecule has 0 radical (unpaired) electrons. The number of halogens is 3. The Balaban J connectivity index is 0.000000707. The number of thiazole rings is 1. The molecule has 13 heteroatoms. The minimum absolute atomic E-state index is 0.116. The summed E-state index contributed by atoms with van der Waals surface area (Å²) in [5.74, 6) is -2.76. The summed E-state index contributed by atoms with van der Waals surface area (Å²) in [4.78, 5) is 33.0. The third kappa shape index (κ3) is 12.4. The topological polar surface area (TPSA) is 112 Å². The van der Waals surface area contributed by atoms with Gasteiger partial charge in [-0.3, -0.25) is 0 Å². The Morgan fingerprint density at radius 2 is 1.71 bits per heavy atom. The Morgan fingerprint density at radius 3 is 2.31 bits per heavy atom. The Kier molecular flexibility index (Phi) is 14.0. The number of nitrogens with zero attached hydrogens (tertiary/aromatic N) is 4. The fourth-order valence-electron chi connectivity index (χ4n) is 4.15. The van der Waals surface area contributed by atoms with Crippen molar-refractivity contribution in [3.05, 3.63) is 89.5 Å². The van der Waals surface area contributed by atoms with E-state index in [2.05, 4.69) is 71.2 Å². The lowest BCUT2D eigenvalue weighted by molar-refractivity contribution is -0.192. The van der Waals surface area contributed by atoms with Crippen LogP contribution in [0, 0.1) is 0 Å². The number of nitrogens with one attached hydrogen (secondary N) is 2. The first-order chi connectivity index (χ1) is 21.6. The molecule has 0 saturated carbocycles. The van der Waals surface area contributed by atoms with Crippen LogP contribution >= 0.6 is 11.3 Å². The summed E-state index contributed by atoms with van der Waals surface area (Å²) in [6.45, 7) is 8.13. The molecule has 9 nitrogen and oxygen atoms in total. The first-order valence-electron chi connectivity index (χ1n) is 14.7. The average Bonchev–Trinajstić information content (AvgIpc) is 3.72. The van der Waals surface area contributed by atoms with Crippen molar-refractivity contribution in [1.29, 1.82) is 0 Å². The SMILES string of the molecule is CCCCNCc1ccc(-c2nc(CN(CCCn3ccnc3)C(=O)Nc3ccc(CC)cc3)cs2)cc1.O=C(O)C(F)(F)F. The Labute approximate surface area is 265 Å². The van der Waals surface area contributed by atoms with Crippen LogP contribution in [0.1, 0.15) is 49.9 Å². The molecule has 2 amide bonds. The zero-order valence-corrected chi connectivity index (χ0v) is 26.2. The van der Waals surface area contributed by atoms with E-state index in [0.717, 1.165) is 54.4 Å². The maximum Gasteiger partial charge on any atom is 0.490 e. The molecule has 0 aliphatic carbocycles. The molecular weight excluding hydrogens is 605 g/mol. The zero-order chi connectivity index (χ0) is 32.7. The predicted molar refractivity (Wildman–Crippen MR) is 170 cm³/mol. The first kappa shape index (κ1) is 35.3. The minimum atomic E-state index is -5.08. The van der Waals surface area contributed by atoms with E-state index in [4.69, 9.17) is 14.9 Å². The number of benzene rings is 2. The number of carbonyl (C=O) groups excluding carboxylic acids is 1. The van der Waals surface area contributed by atoms with Gasteiger partial charge in [-0.1, -0.05) is 56.7 Å². The van der Waals surface area contributed by atoms with Gasteiger partial charge in [-0.15, -0.1) is 11.3 Å².